The van der Waals surface area contributed by atoms with Gasteiger partial charge in [-0.1, -0.05) is 53.7 Å². The van der Waals surface area contributed by atoms with Crippen molar-refractivity contribution < 1.29 is 18.4 Å². The molecular formula is C28H24FN5O3. The summed E-state index contributed by atoms with van der Waals surface area (Å²) in [5.41, 5.74) is 2.61. The van der Waals surface area contributed by atoms with E-state index in [4.69, 9.17) is 4.42 Å². The maximum absolute atomic E-state index is 15.2. The summed E-state index contributed by atoms with van der Waals surface area (Å²) in [4.78, 5) is 28.9. The minimum Gasteiger partial charge on any atom is -0.467 e. The molecule has 0 spiro atoms. The van der Waals surface area contributed by atoms with Crippen molar-refractivity contribution in [2.75, 3.05) is 4.90 Å². The Morgan fingerprint density at radius 2 is 1.76 bits per heavy atom. The number of nitrogens with zero attached hydrogens (tertiary/aromatic N) is 4. The molecule has 0 radical (unpaired) electrons. The van der Waals surface area contributed by atoms with E-state index in [-0.39, 0.29) is 18.8 Å². The third-order valence-electron chi connectivity index (χ3n) is 6.09. The summed E-state index contributed by atoms with van der Waals surface area (Å²) >= 11 is 0. The molecule has 0 aliphatic rings. The van der Waals surface area contributed by atoms with Gasteiger partial charge < -0.3 is 9.73 Å². The first kappa shape index (κ1) is 23.9. The minimum absolute atomic E-state index is 0.0154. The van der Waals surface area contributed by atoms with Gasteiger partial charge in [0, 0.05) is 0 Å². The molecule has 2 amide bonds. The molecular weight excluding hydrogens is 473 g/mol. The van der Waals surface area contributed by atoms with Gasteiger partial charge in [-0.25, -0.2) is 9.07 Å². The number of aromatic nitrogens is 3. The Labute approximate surface area is 212 Å². The average Bonchev–Trinajstić information content (AvgIpc) is 3.57. The molecule has 0 unspecified atom stereocenters. The van der Waals surface area contributed by atoms with Gasteiger partial charge in [0.15, 0.2) is 0 Å². The second kappa shape index (κ2) is 10.4. The average molecular weight is 498 g/mol. The van der Waals surface area contributed by atoms with E-state index in [1.165, 1.54) is 34.0 Å². The van der Waals surface area contributed by atoms with Crippen LogP contribution in [0.25, 0.3) is 11.0 Å². The lowest BCUT2D eigenvalue weighted by atomic mass is 9.98. The number of hydrogen-bond acceptors (Lipinski definition) is 5. The Bertz CT molecular complexity index is 1550. The molecule has 0 aliphatic heterocycles. The van der Waals surface area contributed by atoms with Crippen LogP contribution in [-0.4, -0.2) is 26.8 Å². The smallest absolute Gasteiger partial charge is 0.249 e. The molecule has 3 aromatic carbocycles. The summed E-state index contributed by atoms with van der Waals surface area (Å²) in [6.45, 7) is 1.71. The molecule has 0 bridgehead atoms. The fourth-order valence-electron chi connectivity index (χ4n) is 4.28. The number of furan rings is 1. The minimum atomic E-state index is -1.16. The largest absolute Gasteiger partial charge is 0.467 e. The highest BCUT2D eigenvalue weighted by Gasteiger charge is 2.35. The second-order valence-electron chi connectivity index (χ2n) is 8.51. The van der Waals surface area contributed by atoms with Crippen molar-refractivity contribution in [3.63, 3.8) is 0 Å². The predicted molar refractivity (Wildman–Crippen MR) is 136 cm³/mol. The number of carbonyl (C=O) groups is 2. The topological polar surface area (TPSA) is 93.3 Å². The molecule has 2 aromatic heterocycles. The maximum atomic E-state index is 15.2. The standard InChI is InChI=1S/C28H24FN5O3/c1-19-9-2-3-11-21(19)27(28(36)30-17-20-10-8-16-37-20)34(24-14-6-4-12-22(24)29)26(35)18-33-25-15-7-5-13-23(25)31-32-33/h2-16,27H,17-18H2,1H3,(H,30,36)/t27-/m1/s1. The number of carbonyl (C=O) groups excluding carboxylic acids is 2. The van der Waals surface area contributed by atoms with Gasteiger partial charge in [-0.05, 0) is 54.4 Å². The molecule has 0 fully saturated rings. The van der Waals surface area contributed by atoms with Crippen molar-refractivity contribution in [1.82, 2.24) is 20.3 Å². The van der Waals surface area contributed by atoms with Crippen LogP contribution in [0.4, 0.5) is 10.1 Å². The molecule has 0 saturated carbocycles. The molecule has 5 aromatic rings. The van der Waals surface area contributed by atoms with Gasteiger partial charge in [-0.15, -0.1) is 5.10 Å². The molecule has 1 atom stereocenters. The highest BCUT2D eigenvalue weighted by molar-refractivity contribution is 6.01. The Balaban J connectivity index is 1.58. The fourth-order valence-corrected chi connectivity index (χ4v) is 4.28. The van der Waals surface area contributed by atoms with Crippen molar-refractivity contribution in [2.24, 2.45) is 0 Å². The zero-order chi connectivity index (χ0) is 25.8. The third kappa shape index (κ3) is 4.97. The van der Waals surface area contributed by atoms with Gasteiger partial charge in [0.05, 0.1) is 24.0 Å². The summed E-state index contributed by atoms with van der Waals surface area (Å²) in [6.07, 6.45) is 1.51. The van der Waals surface area contributed by atoms with Crippen LogP contribution >= 0.6 is 0 Å². The Morgan fingerprint density at radius 3 is 2.54 bits per heavy atom. The van der Waals surface area contributed by atoms with Crippen LogP contribution in [0.3, 0.4) is 0 Å². The molecule has 186 valence electrons. The van der Waals surface area contributed by atoms with Gasteiger partial charge in [0.2, 0.25) is 11.8 Å². The maximum Gasteiger partial charge on any atom is 0.249 e. The third-order valence-corrected chi connectivity index (χ3v) is 6.09. The molecule has 5 rings (SSSR count). The van der Waals surface area contributed by atoms with Crippen LogP contribution in [-0.2, 0) is 22.7 Å². The molecule has 1 N–H and O–H groups in total. The monoisotopic (exact) mass is 497 g/mol. The van der Waals surface area contributed by atoms with Crippen LogP contribution in [0.15, 0.2) is 95.6 Å². The first-order valence-corrected chi connectivity index (χ1v) is 11.7. The molecule has 0 saturated heterocycles. The number of anilines is 1. The Kier molecular flexibility index (Phi) is 6.76. The van der Waals surface area contributed by atoms with E-state index >= 15 is 4.39 Å². The fraction of sp³-hybridized carbons (Fsp3) is 0.143. The number of hydrogen-bond donors (Lipinski definition) is 1. The zero-order valence-corrected chi connectivity index (χ0v) is 20.0. The van der Waals surface area contributed by atoms with Crippen molar-refractivity contribution in [3.05, 3.63) is 114 Å². The number of para-hydroxylation sites is 2. The molecule has 2 heterocycles. The lowest BCUT2D eigenvalue weighted by Gasteiger charge is -2.32. The normalized spacial score (nSPS) is 11.8. The Hall–Kier alpha value is -4.79. The number of halogens is 1. The van der Waals surface area contributed by atoms with E-state index in [0.717, 1.165) is 5.56 Å². The van der Waals surface area contributed by atoms with Gasteiger partial charge in [-0.2, -0.15) is 0 Å². The summed E-state index contributed by atoms with van der Waals surface area (Å²) in [6, 6.07) is 22.7. The lowest BCUT2D eigenvalue weighted by molar-refractivity contribution is -0.127. The van der Waals surface area contributed by atoms with Gasteiger partial charge >= 0.3 is 0 Å². The summed E-state index contributed by atoms with van der Waals surface area (Å²) in [7, 11) is 0. The number of aryl methyl sites for hydroxylation is 1. The highest BCUT2D eigenvalue weighted by Crippen LogP contribution is 2.32. The van der Waals surface area contributed by atoms with E-state index in [1.807, 2.05) is 31.2 Å². The molecule has 0 aliphatic carbocycles. The number of nitrogens with one attached hydrogen (secondary N) is 1. The number of benzene rings is 3. The predicted octanol–water partition coefficient (Wildman–Crippen LogP) is 4.56. The second-order valence-corrected chi connectivity index (χ2v) is 8.51. The lowest BCUT2D eigenvalue weighted by Crippen LogP contribution is -2.45. The van der Waals surface area contributed by atoms with Crippen molar-refractivity contribution in [2.45, 2.75) is 26.1 Å². The van der Waals surface area contributed by atoms with E-state index < -0.39 is 23.7 Å². The van der Waals surface area contributed by atoms with Gasteiger partial charge in [-0.3, -0.25) is 14.5 Å². The van der Waals surface area contributed by atoms with Crippen LogP contribution in [0.2, 0.25) is 0 Å². The van der Waals surface area contributed by atoms with E-state index in [1.54, 1.807) is 42.5 Å². The van der Waals surface area contributed by atoms with Crippen LogP contribution < -0.4 is 10.2 Å². The van der Waals surface area contributed by atoms with Crippen LogP contribution in [0.1, 0.15) is 22.9 Å². The number of fused-ring (bicyclic) bond motifs is 1. The van der Waals surface area contributed by atoms with E-state index in [9.17, 15) is 9.59 Å². The SMILES string of the molecule is Cc1ccccc1[C@H](C(=O)NCc1ccco1)N(C(=O)Cn1nnc2ccccc21)c1ccccc1F. The summed E-state index contributed by atoms with van der Waals surface area (Å²) < 4.78 is 22.0. The molecule has 9 heteroatoms. The van der Waals surface area contributed by atoms with Crippen LogP contribution in [0.5, 0.6) is 0 Å². The van der Waals surface area contributed by atoms with Gasteiger partial charge in [0.1, 0.15) is 29.7 Å². The highest BCUT2D eigenvalue weighted by atomic mass is 19.1. The summed E-state index contributed by atoms with van der Waals surface area (Å²) in [5.74, 6) is -1.08. The summed E-state index contributed by atoms with van der Waals surface area (Å²) in [5, 5.41) is 11.1. The molecule has 37 heavy (non-hydrogen) atoms. The molecule has 8 nitrogen and oxygen atoms in total. The first-order chi connectivity index (χ1) is 18.0. The number of amides is 2. The van der Waals surface area contributed by atoms with Crippen molar-refractivity contribution >= 4 is 28.5 Å². The quantitative estimate of drug-likeness (QED) is 0.339. The number of rotatable bonds is 8. The zero-order valence-electron chi connectivity index (χ0n) is 20.0. The Morgan fingerprint density at radius 1 is 1.00 bits per heavy atom. The van der Waals surface area contributed by atoms with Crippen molar-refractivity contribution in [1.29, 1.82) is 0 Å². The van der Waals surface area contributed by atoms with E-state index in [2.05, 4.69) is 15.6 Å². The van der Waals surface area contributed by atoms with Crippen LogP contribution in [0, 0.1) is 12.7 Å². The van der Waals surface area contributed by atoms with Crippen molar-refractivity contribution in [3.8, 4) is 0 Å². The van der Waals surface area contributed by atoms with Gasteiger partial charge in [0.25, 0.3) is 0 Å². The first-order valence-electron chi connectivity index (χ1n) is 11.7. The van der Waals surface area contributed by atoms with E-state index in [0.29, 0.717) is 22.4 Å².